The van der Waals surface area contributed by atoms with E-state index >= 15 is 0 Å². The van der Waals surface area contributed by atoms with E-state index in [9.17, 15) is 0 Å². The summed E-state index contributed by atoms with van der Waals surface area (Å²) in [5, 5.41) is 4.73. The molecule has 3 atom stereocenters. The minimum absolute atomic E-state index is 0.125. The van der Waals surface area contributed by atoms with Crippen LogP contribution in [0.5, 0.6) is 0 Å². The molecular formula is C47H32N4S. The molecule has 4 nitrogen and oxygen atoms in total. The molecule has 0 saturated heterocycles. The van der Waals surface area contributed by atoms with Gasteiger partial charge in [-0.15, -0.1) is 11.8 Å². The molecule has 7 aromatic rings. The maximum absolute atomic E-state index is 5.24. The van der Waals surface area contributed by atoms with E-state index < -0.39 is 5.41 Å². The van der Waals surface area contributed by atoms with Crippen molar-refractivity contribution in [3.63, 3.8) is 0 Å². The van der Waals surface area contributed by atoms with Crippen LogP contribution in [-0.4, -0.2) is 25.2 Å². The van der Waals surface area contributed by atoms with Crippen LogP contribution in [0, 0.1) is 5.92 Å². The predicted octanol–water partition coefficient (Wildman–Crippen LogP) is 11.3. The summed E-state index contributed by atoms with van der Waals surface area (Å²) in [6.45, 7) is 8.76. The van der Waals surface area contributed by atoms with Gasteiger partial charge in [0.25, 0.3) is 0 Å². The topological polar surface area (TPSA) is 51.6 Å². The zero-order valence-corrected chi connectivity index (χ0v) is 29.1. The van der Waals surface area contributed by atoms with Gasteiger partial charge in [0.2, 0.25) is 0 Å². The molecule has 0 bridgehead atoms. The first kappa shape index (κ1) is 30.6. The van der Waals surface area contributed by atoms with Crippen molar-refractivity contribution in [3.8, 4) is 45.0 Å². The number of fused-ring (bicyclic) bond motifs is 9. The maximum Gasteiger partial charge on any atom is 0.164 e. The Bertz CT molecular complexity index is 2730. The Morgan fingerprint density at radius 3 is 2.02 bits per heavy atom. The number of aromatic nitrogens is 4. The summed E-state index contributed by atoms with van der Waals surface area (Å²) in [5.74, 6) is 1.41. The number of benzene rings is 5. The standard InChI is InChI=1S/C47H32N4S/c1-3-37-41(4-2)52-42-25-10-9-22-38(42)47(37)39-23-12-19-33(36-27-48-26-30-15-6-8-18-32(30)36)43(39)44-35(21-13-24-40(44)47)46-50-28-49-45(51-46)34-20-11-16-29-14-5-7-17-31(29)34/h3-28,38,42H,1-2H2. The molecule has 52 heavy (non-hydrogen) atoms. The SMILES string of the molecule is C=CC1=C(C=C)C2(c3cccc(-c4ncnc(-c5cccc6ccccc56)n4)c3-c3c(-c4cncc5ccccc45)cccc32)C2C=CC=CC2S1. The molecule has 5 heteroatoms. The maximum atomic E-state index is 5.24. The van der Waals surface area contributed by atoms with Crippen molar-refractivity contribution in [1.82, 2.24) is 19.9 Å². The number of thioether (sulfide) groups is 1. The van der Waals surface area contributed by atoms with Crippen LogP contribution in [-0.2, 0) is 5.41 Å². The first-order valence-electron chi connectivity index (χ1n) is 17.5. The fourth-order valence-corrected chi connectivity index (χ4v) is 10.3. The summed E-state index contributed by atoms with van der Waals surface area (Å²) in [6.07, 6.45) is 18.8. The second kappa shape index (κ2) is 12.0. The van der Waals surface area contributed by atoms with Crippen LogP contribution < -0.4 is 0 Å². The summed E-state index contributed by atoms with van der Waals surface area (Å²) in [5.41, 5.74) is 9.57. The first-order valence-corrected chi connectivity index (χ1v) is 18.4. The lowest BCUT2D eigenvalue weighted by Gasteiger charge is -2.47. The molecule has 0 amide bonds. The van der Waals surface area contributed by atoms with Gasteiger partial charge in [0.05, 0.1) is 5.41 Å². The summed E-state index contributed by atoms with van der Waals surface area (Å²) in [6, 6.07) is 36.6. The molecule has 0 N–H and O–H groups in total. The van der Waals surface area contributed by atoms with Gasteiger partial charge in [-0.3, -0.25) is 4.98 Å². The molecule has 1 aliphatic heterocycles. The van der Waals surface area contributed by atoms with Crippen LogP contribution in [0.2, 0.25) is 0 Å². The second-order valence-electron chi connectivity index (χ2n) is 13.4. The average molecular weight is 685 g/mol. The molecule has 3 heterocycles. The molecule has 10 rings (SSSR count). The molecule has 1 spiro atoms. The third-order valence-electron chi connectivity index (χ3n) is 11.0. The van der Waals surface area contributed by atoms with E-state index in [-0.39, 0.29) is 11.2 Å². The lowest BCUT2D eigenvalue weighted by Crippen LogP contribution is -2.44. The van der Waals surface area contributed by atoms with Crippen molar-refractivity contribution in [1.29, 1.82) is 0 Å². The van der Waals surface area contributed by atoms with Gasteiger partial charge in [-0.1, -0.05) is 153 Å². The third-order valence-corrected chi connectivity index (χ3v) is 12.3. The Hall–Kier alpha value is -6.17. The van der Waals surface area contributed by atoms with Crippen LogP contribution in [0.1, 0.15) is 11.1 Å². The smallest absolute Gasteiger partial charge is 0.164 e. The van der Waals surface area contributed by atoms with Gasteiger partial charge in [-0.2, -0.15) is 0 Å². The molecule has 2 aliphatic carbocycles. The summed E-state index contributed by atoms with van der Waals surface area (Å²) >= 11 is 1.87. The minimum Gasteiger partial charge on any atom is -0.263 e. The third kappa shape index (κ3) is 4.29. The van der Waals surface area contributed by atoms with E-state index in [4.69, 9.17) is 19.9 Å². The number of hydrogen-bond acceptors (Lipinski definition) is 5. The van der Waals surface area contributed by atoms with E-state index in [0.29, 0.717) is 11.6 Å². The van der Waals surface area contributed by atoms with Crippen molar-refractivity contribution in [2.75, 3.05) is 0 Å². The largest absolute Gasteiger partial charge is 0.263 e. The second-order valence-corrected chi connectivity index (χ2v) is 14.6. The van der Waals surface area contributed by atoms with Crippen LogP contribution in [0.25, 0.3) is 66.6 Å². The van der Waals surface area contributed by atoms with E-state index in [0.717, 1.165) is 54.3 Å². The first-order chi connectivity index (χ1) is 25.7. The van der Waals surface area contributed by atoms with Gasteiger partial charge in [-0.25, -0.2) is 15.0 Å². The number of allylic oxidation sites excluding steroid dienone is 6. The van der Waals surface area contributed by atoms with Gasteiger partial charge in [0, 0.05) is 50.5 Å². The lowest BCUT2D eigenvalue weighted by atomic mass is 9.61. The molecular weight excluding hydrogens is 653 g/mol. The van der Waals surface area contributed by atoms with Crippen LogP contribution in [0.4, 0.5) is 0 Å². The molecule has 3 unspecified atom stereocenters. The quantitative estimate of drug-likeness (QED) is 0.181. The van der Waals surface area contributed by atoms with Gasteiger partial charge >= 0.3 is 0 Å². The Kier molecular flexibility index (Phi) is 7.05. The van der Waals surface area contributed by atoms with Crippen molar-refractivity contribution in [3.05, 3.63) is 193 Å². The predicted molar refractivity (Wildman–Crippen MR) is 216 cm³/mol. The van der Waals surface area contributed by atoms with Gasteiger partial charge in [-0.05, 0) is 49.5 Å². The Balaban J connectivity index is 1.32. The molecule has 3 aliphatic rings. The zero-order valence-electron chi connectivity index (χ0n) is 28.3. The molecule has 0 saturated carbocycles. The lowest BCUT2D eigenvalue weighted by molar-refractivity contribution is 0.459. The molecule has 2 aromatic heterocycles. The van der Waals surface area contributed by atoms with Crippen molar-refractivity contribution in [2.45, 2.75) is 10.7 Å². The fourth-order valence-electron chi connectivity index (χ4n) is 8.91. The van der Waals surface area contributed by atoms with Gasteiger partial charge < -0.3 is 0 Å². The molecule has 0 fully saturated rings. The highest BCUT2D eigenvalue weighted by Crippen LogP contribution is 2.66. The molecule has 246 valence electrons. The van der Waals surface area contributed by atoms with E-state index in [1.165, 1.54) is 22.3 Å². The molecule has 5 aromatic carbocycles. The Morgan fingerprint density at radius 2 is 1.23 bits per heavy atom. The van der Waals surface area contributed by atoms with Crippen molar-refractivity contribution >= 4 is 33.3 Å². The van der Waals surface area contributed by atoms with Crippen LogP contribution >= 0.6 is 11.8 Å². The fraction of sp³-hybridized carbons (Fsp3) is 0.0638. The average Bonchev–Trinajstić information content (AvgIpc) is 3.51. The van der Waals surface area contributed by atoms with E-state index in [2.05, 4.69) is 147 Å². The van der Waals surface area contributed by atoms with Crippen LogP contribution in [0.3, 0.4) is 0 Å². The van der Waals surface area contributed by atoms with Gasteiger partial charge in [0.1, 0.15) is 6.33 Å². The highest BCUT2D eigenvalue weighted by molar-refractivity contribution is 8.04. The summed E-state index contributed by atoms with van der Waals surface area (Å²) < 4.78 is 0. The zero-order chi connectivity index (χ0) is 34.8. The summed E-state index contributed by atoms with van der Waals surface area (Å²) in [4.78, 5) is 20.8. The van der Waals surface area contributed by atoms with E-state index in [1.54, 1.807) is 6.33 Å². The summed E-state index contributed by atoms with van der Waals surface area (Å²) in [7, 11) is 0. The van der Waals surface area contributed by atoms with Gasteiger partial charge in [0.15, 0.2) is 11.6 Å². The highest BCUT2D eigenvalue weighted by Gasteiger charge is 2.56. The minimum atomic E-state index is -0.539. The number of hydrogen-bond donors (Lipinski definition) is 0. The highest BCUT2D eigenvalue weighted by atomic mass is 32.2. The normalized spacial score (nSPS) is 19.8. The van der Waals surface area contributed by atoms with Crippen molar-refractivity contribution in [2.24, 2.45) is 5.92 Å². The Labute approximate surface area is 306 Å². The monoisotopic (exact) mass is 684 g/mol. The molecule has 0 radical (unpaired) electrons. The van der Waals surface area contributed by atoms with Crippen LogP contribution in [0.15, 0.2) is 182 Å². The number of nitrogens with zero attached hydrogens (tertiary/aromatic N) is 4. The number of pyridine rings is 1. The van der Waals surface area contributed by atoms with Crippen molar-refractivity contribution < 1.29 is 0 Å². The van der Waals surface area contributed by atoms with E-state index in [1.807, 2.05) is 30.2 Å². The number of rotatable bonds is 5. The Morgan fingerprint density at radius 1 is 0.596 bits per heavy atom.